The summed E-state index contributed by atoms with van der Waals surface area (Å²) < 4.78 is 0. The summed E-state index contributed by atoms with van der Waals surface area (Å²) in [7, 11) is 0. The largest absolute Gasteiger partial charge is 0.339 e. The first kappa shape index (κ1) is 17.5. The van der Waals surface area contributed by atoms with Crippen molar-refractivity contribution in [3.63, 3.8) is 0 Å². The van der Waals surface area contributed by atoms with E-state index in [-0.39, 0.29) is 5.91 Å². The monoisotopic (exact) mass is 362 g/mol. The highest BCUT2D eigenvalue weighted by atomic mass is 35.5. The molecule has 6 heteroatoms. The van der Waals surface area contributed by atoms with Crippen molar-refractivity contribution in [2.75, 3.05) is 10.6 Å². The van der Waals surface area contributed by atoms with Gasteiger partial charge in [0.15, 0.2) is 0 Å². The van der Waals surface area contributed by atoms with E-state index in [0.717, 1.165) is 5.56 Å². The van der Waals surface area contributed by atoms with E-state index in [4.69, 9.17) is 16.9 Å². The topological polar surface area (TPSA) is 77.8 Å². The molecule has 0 saturated carbocycles. The van der Waals surface area contributed by atoms with Gasteiger partial charge in [-0.3, -0.25) is 4.79 Å². The smallest absolute Gasteiger partial charge is 0.257 e. The van der Waals surface area contributed by atoms with Crippen LogP contribution in [0.3, 0.4) is 0 Å². The third-order valence-corrected chi connectivity index (χ3v) is 4.26. The minimum atomic E-state index is -0.271. The van der Waals surface area contributed by atoms with Gasteiger partial charge in [0.1, 0.15) is 11.9 Å². The Balaban J connectivity index is 1.74. The number of benzene rings is 2. The van der Waals surface area contributed by atoms with E-state index < -0.39 is 0 Å². The van der Waals surface area contributed by atoms with Crippen molar-refractivity contribution in [1.82, 2.24) is 4.98 Å². The third-order valence-electron chi connectivity index (χ3n) is 3.85. The second-order valence-corrected chi connectivity index (χ2v) is 5.99. The second kappa shape index (κ2) is 7.68. The number of halogens is 1. The van der Waals surface area contributed by atoms with Crippen LogP contribution in [0.5, 0.6) is 0 Å². The summed E-state index contributed by atoms with van der Waals surface area (Å²) in [5.74, 6) is 0.273. The molecule has 1 aromatic heterocycles. The molecule has 0 unspecified atom stereocenters. The Morgan fingerprint density at radius 2 is 1.85 bits per heavy atom. The first-order valence-corrected chi connectivity index (χ1v) is 8.25. The molecular weight excluding hydrogens is 348 g/mol. The van der Waals surface area contributed by atoms with Gasteiger partial charge in [0, 0.05) is 16.9 Å². The zero-order chi connectivity index (χ0) is 18.5. The summed E-state index contributed by atoms with van der Waals surface area (Å²) in [5, 5.41) is 15.6. The first-order chi connectivity index (χ1) is 12.6. The molecule has 0 saturated heterocycles. The van der Waals surface area contributed by atoms with E-state index in [1.165, 1.54) is 6.20 Å². The molecule has 0 bridgehead atoms. The fourth-order valence-corrected chi connectivity index (χ4v) is 2.54. The summed E-state index contributed by atoms with van der Waals surface area (Å²) >= 11 is 6.07. The minimum Gasteiger partial charge on any atom is -0.339 e. The van der Waals surface area contributed by atoms with Crippen LogP contribution < -0.4 is 10.6 Å². The van der Waals surface area contributed by atoms with Gasteiger partial charge in [-0.2, -0.15) is 5.26 Å². The molecule has 2 N–H and O–H groups in total. The van der Waals surface area contributed by atoms with Crippen LogP contribution in [0.25, 0.3) is 0 Å². The highest BCUT2D eigenvalue weighted by molar-refractivity contribution is 6.31. The van der Waals surface area contributed by atoms with E-state index >= 15 is 0 Å². The van der Waals surface area contributed by atoms with Gasteiger partial charge in [-0.25, -0.2) is 4.98 Å². The molecule has 3 aromatic rings. The Kier molecular flexibility index (Phi) is 5.16. The number of para-hydroxylation sites is 1. The lowest BCUT2D eigenvalue weighted by molar-refractivity contribution is 0.102. The molecule has 1 amide bonds. The molecule has 2 aromatic carbocycles. The number of amides is 1. The number of nitrogens with one attached hydrogen (secondary N) is 2. The summed E-state index contributed by atoms with van der Waals surface area (Å²) in [6.45, 7) is 1.84. The zero-order valence-electron chi connectivity index (χ0n) is 14.0. The fraction of sp³-hybridized carbons (Fsp3) is 0.0500. The first-order valence-electron chi connectivity index (χ1n) is 7.87. The highest BCUT2D eigenvalue weighted by Gasteiger charge is 2.10. The van der Waals surface area contributed by atoms with Crippen molar-refractivity contribution in [2.45, 2.75) is 6.92 Å². The summed E-state index contributed by atoms with van der Waals surface area (Å²) in [6.07, 6.45) is 1.48. The summed E-state index contributed by atoms with van der Waals surface area (Å²) in [6, 6.07) is 18.0. The van der Waals surface area contributed by atoms with Gasteiger partial charge in [-0.05, 0) is 48.9 Å². The van der Waals surface area contributed by atoms with Crippen LogP contribution in [0.4, 0.5) is 17.2 Å². The Bertz CT molecular complexity index is 993. The van der Waals surface area contributed by atoms with Crippen LogP contribution in [0.1, 0.15) is 21.5 Å². The quantitative estimate of drug-likeness (QED) is 0.691. The Labute approximate surface area is 156 Å². The van der Waals surface area contributed by atoms with Gasteiger partial charge in [0.2, 0.25) is 0 Å². The fourth-order valence-electron chi connectivity index (χ4n) is 2.37. The van der Waals surface area contributed by atoms with E-state index in [2.05, 4.69) is 21.7 Å². The van der Waals surface area contributed by atoms with E-state index in [1.807, 2.05) is 13.0 Å². The molecule has 26 heavy (non-hydrogen) atoms. The molecular formula is C20H15ClN4O. The third kappa shape index (κ3) is 3.82. The average molecular weight is 363 g/mol. The van der Waals surface area contributed by atoms with Gasteiger partial charge in [-0.15, -0.1) is 0 Å². The lowest BCUT2D eigenvalue weighted by Crippen LogP contribution is -2.13. The minimum absolute atomic E-state index is 0.271. The number of rotatable bonds is 4. The average Bonchev–Trinajstić information content (AvgIpc) is 2.66. The van der Waals surface area contributed by atoms with Crippen LogP contribution in [-0.2, 0) is 0 Å². The highest BCUT2D eigenvalue weighted by Crippen LogP contribution is 2.24. The van der Waals surface area contributed by atoms with Crippen molar-refractivity contribution >= 4 is 34.7 Å². The van der Waals surface area contributed by atoms with Crippen LogP contribution in [0, 0.1) is 18.3 Å². The zero-order valence-corrected chi connectivity index (χ0v) is 14.7. The number of hydrogen-bond donors (Lipinski definition) is 2. The molecule has 0 aliphatic carbocycles. The summed E-state index contributed by atoms with van der Waals surface area (Å²) in [4.78, 5) is 16.6. The molecule has 0 atom stereocenters. The number of nitrogens with zero attached hydrogens (tertiary/aromatic N) is 2. The van der Waals surface area contributed by atoms with Crippen molar-refractivity contribution in [3.8, 4) is 6.07 Å². The number of hydrogen-bond acceptors (Lipinski definition) is 4. The maximum absolute atomic E-state index is 12.4. The summed E-state index contributed by atoms with van der Waals surface area (Å²) in [5.41, 5.74) is 3.07. The molecule has 128 valence electrons. The molecule has 0 fully saturated rings. The van der Waals surface area contributed by atoms with Crippen molar-refractivity contribution in [3.05, 3.63) is 82.5 Å². The van der Waals surface area contributed by atoms with Gasteiger partial charge < -0.3 is 10.6 Å². The lowest BCUT2D eigenvalue weighted by atomic mass is 10.2. The van der Waals surface area contributed by atoms with Crippen molar-refractivity contribution in [1.29, 1.82) is 5.26 Å². The van der Waals surface area contributed by atoms with Crippen LogP contribution in [-0.4, -0.2) is 10.9 Å². The van der Waals surface area contributed by atoms with Crippen LogP contribution in [0.15, 0.2) is 60.8 Å². The van der Waals surface area contributed by atoms with Gasteiger partial charge in [-0.1, -0.05) is 29.8 Å². The van der Waals surface area contributed by atoms with E-state index in [1.54, 1.807) is 48.5 Å². The predicted molar refractivity (Wildman–Crippen MR) is 103 cm³/mol. The molecule has 0 aliphatic heterocycles. The lowest BCUT2D eigenvalue weighted by Gasteiger charge is -2.10. The Morgan fingerprint density at radius 3 is 2.58 bits per heavy atom. The molecule has 1 heterocycles. The van der Waals surface area contributed by atoms with Crippen LogP contribution >= 0.6 is 11.6 Å². The van der Waals surface area contributed by atoms with Gasteiger partial charge in [0.25, 0.3) is 5.91 Å². The Morgan fingerprint density at radius 1 is 1.08 bits per heavy atom. The number of carbonyl (C=O) groups is 1. The molecule has 0 aliphatic rings. The second-order valence-electron chi connectivity index (χ2n) is 5.58. The molecule has 0 spiro atoms. The van der Waals surface area contributed by atoms with Gasteiger partial charge >= 0.3 is 0 Å². The molecule has 0 radical (unpaired) electrons. The number of pyridine rings is 1. The molecule has 3 rings (SSSR count). The van der Waals surface area contributed by atoms with Gasteiger partial charge in [0.05, 0.1) is 16.8 Å². The van der Waals surface area contributed by atoms with E-state index in [0.29, 0.717) is 33.3 Å². The van der Waals surface area contributed by atoms with Crippen molar-refractivity contribution < 1.29 is 4.79 Å². The maximum Gasteiger partial charge on any atom is 0.257 e. The van der Waals surface area contributed by atoms with Crippen molar-refractivity contribution in [2.24, 2.45) is 0 Å². The number of nitriles is 1. The maximum atomic E-state index is 12.4. The predicted octanol–water partition coefficient (Wildman–Crippen LogP) is 4.91. The normalized spacial score (nSPS) is 10.0. The number of anilines is 3. The molecule has 5 nitrogen and oxygen atoms in total. The number of aromatic nitrogens is 1. The SMILES string of the molecule is Cc1c(Cl)cccc1NC(=O)c1ccc(Nc2ccccc2C#N)nc1. The van der Waals surface area contributed by atoms with E-state index in [9.17, 15) is 4.79 Å². The van der Waals surface area contributed by atoms with Crippen LogP contribution in [0.2, 0.25) is 5.02 Å². The number of carbonyl (C=O) groups excluding carboxylic acids is 1. The standard InChI is InChI=1S/C20H15ClN4O/c1-13-16(21)6-4-8-17(13)25-20(26)15-9-10-19(23-12-15)24-18-7-3-2-5-14(18)11-22/h2-10,12H,1H3,(H,23,24)(H,25,26). The Hall–Kier alpha value is -3.36.